The van der Waals surface area contributed by atoms with E-state index >= 15 is 0 Å². The topological polar surface area (TPSA) is 70.2 Å². The summed E-state index contributed by atoms with van der Waals surface area (Å²) in [4.78, 5) is 22.3. The van der Waals surface area contributed by atoms with E-state index in [1.54, 1.807) is 20.3 Å². The Labute approximate surface area is 107 Å². The Kier molecular flexibility index (Phi) is 3.96. The van der Waals surface area contributed by atoms with Gasteiger partial charge in [0, 0.05) is 33.4 Å². The number of aromatic nitrogens is 2. The number of carbonyl (C=O) groups is 1. The van der Waals surface area contributed by atoms with E-state index in [2.05, 4.69) is 25.5 Å². The van der Waals surface area contributed by atoms with E-state index in [-0.39, 0.29) is 11.8 Å². The van der Waals surface area contributed by atoms with Gasteiger partial charge in [-0.15, -0.1) is 0 Å². The van der Waals surface area contributed by atoms with E-state index < -0.39 is 0 Å². The Balaban J connectivity index is 2.10. The van der Waals surface area contributed by atoms with Crippen LogP contribution in [0.25, 0.3) is 0 Å². The predicted molar refractivity (Wildman–Crippen MR) is 70.6 cm³/mol. The first-order chi connectivity index (χ1) is 8.74. The van der Waals surface area contributed by atoms with Crippen molar-refractivity contribution in [3.63, 3.8) is 0 Å². The molecule has 2 rings (SSSR count). The molecule has 6 nitrogen and oxygen atoms in total. The zero-order valence-corrected chi connectivity index (χ0v) is 10.8. The lowest BCUT2D eigenvalue weighted by Crippen LogP contribution is -2.42. The molecule has 1 fully saturated rings. The van der Waals surface area contributed by atoms with E-state index in [4.69, 9.17) is 0 Å². The van der Waals surface area contributed by atoms with Crippen molar-refractivity contribution in [2.24, 2.45) is 5.92 Å². The number of nitrogens with zero attached hydrogens (tertiary/aromatic N) is 3. The number of nitrogens with one attached hydrogen (secondary N) is 2. The van der Waals surface area contributed by atoms with Gasteiger partial charge in [0.05, 0.1) is 5.92 Å². The first-order valence-electron chi connectivity index (χ1n) is 6.22. The number of hydrogen-bond donors (Lipinski definition) is 2. The second-order valence-corrected chi connectivity index (χ2v) is 4.39. The van der Waals surface area contributed by atoms with Crippen LogP contribution in [0.4, 0.5) is 11.8 Å². The molecular weight excluding hydrogens is 230 g/mol. The molecule has 1 aromatic heterocycles. The molecule has 1 aromatic rings. The quantitative estimate of drug-likeness (QED) is 0.815. The Bertz CT molecular complexity index is 423. The Morgan fingerprint density at radius 2 is 2.33 bits per heavy atom. The highest BCUT2D eigenvalue weighted by Gasteiger charge is 2.25. The van der Waals surface area contributed by atoms with Crippen LogP contribution >= 0.6 is 0 Å². The molecule has 6 heteroatoms. The molecule has 1 aliphatic rings. The number of rotatable bonds is 3. The predicted octanol–water partition coefficient (Wildman–Crippen LogP) is 0.481. The summed E-state index contributed by atoms with van der Waals surface area (Å²) in [5.41, 5.74) is 0. The zero-order chi connectivity index (χ0) is 13.0. The van der Waals surface area contributed by atoms with Gasteiger partial charge in [0.25, 0.3) is 0 Å². The second kappa shape index (κ2) is 5.66. The number of anilines is 2. The normalized spacial score (nSPS) is 19.4. The Hall–Kier alpha value is -1.85. The van der Waals surface area contributed by atoms with Crippen LogP contribution in [0.3, 0.4) is 0 Å². The molecule has 1 amide bonds. The van der Waals surface area contributed by atoms with Crippen LogP contribution in [0.2, 0.25) is 0 Å². The summed E-state index contributed by atoms with van der Waals surface area (Å²) in [5.74, 6) is 1.65. The molecule has 1 atom stereocenters. The van der Waals surface area contributed by atoms with Crippen molar-refractivity contribution >= 4 is 17.7 Å². The molecule has 0 aliphatic carbocycles. The van der Waals surface area contributed by atoms with Gasteiger partial charge in [-0.25, -0.2) is 4.98 Å². The molecular formula is C12H19N5O. The number of hydrogen-bond acceptors (Lipinski definition) is 5. The molecule has 2 heterocycles. The van der Waals surface area contributed by atoms with Gasteiger partial charge in [0.15, 0.2) is 0 Å². The smallest absolute Gasteiger partial charge is 0.224 e. The van der Waals surface area contributed by atoms with Crippen LogP contribution in [0.1, 0.15) is 12.8 Å². The number of carbonyl (C=O) groups excluding carboxylic acids is 1. The van der Waals surface area contributed by atoms with Crippen LogP contribution in [0.15, 0.2) is 12.3 Å². The molecule has 18 heavy (non-hydrogen) atoms. The van der Waals surface area contributed by atoms with Crippen LogP contribution in [0, 0.1) is 5.92 Å². The molecule has 1 aliphatic heterocycles. The van der Waals surface area contributed by atoms with Crippen LogP contribution in [-0.4, -0.2) is 43.1 Å². The highest BCUT2D eigenvalue weighted by Crippen LogP contribution is 2.22. The standard InChI is InChI=1S/C12H19N5O/c1-13-11(18)9-4-3-7-17(8-9)10-5-6-15-12(14-2)16-10/h5-6,9H,3-4,7-8H2,1-2H3,(H,13,18)(H,14,15,16). The van der Waals surface area contributed by atoms with Crippen LogP contribution < -0.4 is 15.5 Å². The summed E-state index contributed by atoms with van der Waals surface area (Å²) in [6, 6.07) is 1.88. The summed E-state index contributed by atoms with van der Waals surface area (Å²) in [5, 5.41) is 5.64. The highest BCUT2D eigenvalue weighted by atomic mass is 16.1. The molecule has 0 bridgehead atoms. The van der Waals surface area contributed by atoms with Crippen molar-refractivity contribution in [1.29, 1.82) is 0 Å². The lowest BCUT2D eigenvalue weighted by atomic mass is 9.97. The van der Waals surface area contributed by atoms with E-state index in [1.807, 2.05) is 6.07 Å². The molecule has 2 N–H and O–H groups in total. The molecule has 0 saturated carbocycles. The van der Waals surface area contributed by atoms with Crippen LogP contribution in [0.5, 0.6) is 0 Å². The minimum atomic E-state index is 0.0525. The van der Waals surface area contributed by atoms with Gasteiger partial charge in [0.1, 0.15) is 5.82 Å². The van der Waals surface area contributed by atoms with Gasteiger partial charge >= 0.3 is 0 Å². The first kappa shape index (κ1) is 12.6. The number of amides is 1. The molecule has 1 unspecified atom stereocenters. The summed E-state index contributed by atoms with van der Waals surface area (Å²) in [6.07, 6.45) is 3.69. The Morgan fingerprint density at radius 1 is 1.50 bits per heavy atom. The van der Waals surface area contributed by atoms with E-state index in [1.165, 1.54) is 0 Å². The third-order valence-corrected chi connectivity index (χ3v) is 3.23. The van der Waals surface area contributed by atoms with Gasteiger partial charge in [0.2, 0.25) is 11.9 Å². The largest absolute Gasteiger partial charge is 0.359 e. The lowest BCUT2D eigenvalue weighted by Gasteiger charge is -2.32. The van der Waals surface area contributed by atoms with Crippen LogP contribution in [-0.2, 0) is 4.79 Å². The zero-order valence-electron chi connectivity index (χ0n) is 10.8. The molecule has 0 radical (unpaired) electrons. The van der Waals surface area contributed by atoms with Crippen molar-refractivity contribution in [2.75, 3.05) is 37.4 Å². The SMILES string of the molecule is CNC(=O)C1CCCN(c2ccnc(NC)n2)C1. The fourth-order valence-corrected chi connectivity index (χ4v) is 2.25. The third kappa shape index (κ3) is 2.69. The second-order valence-electron chi connectivity index (χ2n) is 4.39. The minimum absolute atomic E-state index is 0.0525. The summed E-state index contributed by atoms with van der Waals surface area (Å²) >= 11 is 0. The molecule has 1 saturated heterocycles. The van der Waals surface area contributed by atoms with Crippen molar-refractivity contribution in [2.45, 2.75) is 12.8 Å². The summed E-state index contributed by atoms with van der Waals surface area (Å²) in [7, 11) is 3.48. The lowest BCUT2D eigenvalue weighted by molar-refractivity contribution is -0.124. The van der Waals surface area contributed by atoms with Crippen molar-refractivity contribution in [1.82, 2.24) is 15.3 Å². The fourth-order valence-electron chi connectivity index (χ4n) is 2.25. The van der Waals surface area contributed by atoms with Crippen molar-refractivity contribution < 1.29 is 4.79 Å². The average Bonchev–Trinajstić information content (AvgIpc) is 2.46. The fraction of sp³-hybridized carbons (Fsp3) is 0.583. The third-order valence-electron chi connectivity index (χ3n) is 3.23. The summed E-state index contributed by atoms with van der Waals surface area (Å²) in [6.45, 7) is 1.66. The maximum atomic E-state index is 11.7. The maximum absolute atomic E-state index is 11.7. The summed E-state index contributed by atoms with van der Waals surface area (Å²) < 4.78 is 0. The van der Waals surface area contributed by atoms with Crippen molar-refractivity contribution in [3.05, 3.63) is 12.3 Å². The van der Waals surface area contributed by atoms with Gasteiger partial charge in [-0.1, -0.05) is 0 Å². The van der Waals surface area contributed by atoms with Gasteiger partial charge in [-0.3, -0.25) is 4.79 Å². The van der Waals surface area contributed by atoms with E-state index in [0.29, 0.717) is 5.95 Å². The maximum Gasteiger partial charge on any atom is 0.224 e. The van der Waals surface area contributed by atoms with Gasteiger partial charge in [-0.2, -0.15) is 4.98 Å². The van der Waals surface area contributed by atoms with E-state index in [9.17, 15) is 4.79 Å². The highest BCUT2D eigenvalue weighted by molar-refractivity contribution is 5.79. The van der Waals surface area contributed by atoms with Gasteiger partial charge in [-0.05, 0) is 18.9 Å². The average molecular weight is 249 g/mol. The monoisotopic (exact) mass is 249 g/mol. The minimum Gasteiger partial charge on any atom is -0.359 e. The molecule has 98 valence electrons. The van der Waals surface area contributed by atoms with E-state index in [0.717, 1.165) is 31.7 Å². The first-order valence-corrected chi connectivity index (χ1v) is 6.22. The van der Waals surface area contributed by atoms with Crippen molar-refractivity contribution in [3.8, 4) is 0 Å². The van der Waals surface area contributed by atoms with Gasteiger partial charge < -0.3 is 15.5 Å². The number of piperidine rings is 1. The molecule has 0 aromatic carbocycles. The molecule has 0 spiro atoms. The Morgan fingerprint density at radius 3 is 3.06 bits per heavy atom.